The van der Waals surface area contributed by atoms with Gasteiger partial charge in [-0.25, -0.2) is 4.79 Å². The Hall–Kier alpha value is -1.36. The van der Waals surface area contributed by atoms with Crippen molar-refractivity contribution in [3.8, 4) is 0 Å². The molecule has 5 heteroatoms. The average molecular weight is 198 g/mol. The molecular formula is C9H14N2O3. The Kier molecular flexibility index (Phi) is 3.24. The zero-order valence-electron chi connectivity index (χ0n) is 8.28. The molecule has 0 radical (unpaired) electrons. The quantitative estimate of drug-likeness (QED) is 0.754. The first-order valence-electron chi connectivity index (χ1n) is 4.47. The van der Waals surface area contributed by atoms with Gasteiger partial charge in [-0.2, -0.15) is 0 Å². The topological polar surface area (TPSA) is 89.4 Å². The Balaban J connectivity index is 3.04. The average Bonchev–Trinajstić information content (AvgIpc) is 2.46. The molecule has 0 fully saturated rings. The number of hydrogen-bond acceptors (Lipinski definition) is 4. The molecule has 0 spiro atoms. The molecule has 0 aliphatic heterocycles. The molecule has 0 atom stereocenters. The minimum atomic E-state index is -1.03. The second kappa shape index (κ2) is 4.23. The summed E-state index contributed by atoms with van der Waals surface area (Å²) in [5, 5.41) is 12.6. The van der Waals surface area contributed by atoms with Crippen molar-refractivity contribution in [2.45, 2.75) is 26.8 Å². The van der Waals surface area contributed by atoms with Gasteiger partial charge in [-0.1, -0.05) is 19.0 Å². The summed E-state index contributed by atoms with van der Waals surface area (Å²) in [7, 11) is 0. The summed E-state index contributed by atoms with van der Waals surface area (Å²) >= 11 is 0. The van der Waals surface area contributed by atoms with Crippen molar-refractivity contribution >= 4 is 5.97 Å². The lowest BCUT2D eigenvalue weighted by atomic mass is 10.0. The van der Waals surface area contributed by atoms with Crippen molar-refractivity contribution in [2.24, 2.45) is 11.7 Å². The number of carbonyl (C=O) groups is 1. The summed E-state index contributed by atoms with van der Waals surface area (Å²) in [6.07, 6.45) is 0.564. The summed E-state index contributed by atoms with van der Waals surface area (Å²) < 4.78 is 4.95. The molecule has 14 heavy (non-hydrogen) atoms. The lowest BCUT2D eigenvalue weighted by molar-refractivity contribution is 0.0693. The Morgan fingerprint density at radius 1 is 1.64 bits per heavy atom. The van der Waals surface area contributed by atoms with E-state index in [9.17, 15) is 4.79 Å². The molecule has 1 heterocycles. The maximum absolute atomic E-state index is 10.9. The van der Waals surface area contributed by atoms with Crippen LogP contribution < -0.4 is 5.73 Å². The van der Waals surface area contributed by atoms with E-state index >= 15 is 0 Å². The van der Waals surface area contributed by atoms with Crippen molar-refractivity contribution in [1.29, 1.82) is 0 Å². The highest BCUT2D eigenvalue weighted by atomic mass is 16.5. The van der Waals surface area contributed by atoms with Crippen LogP contribution in [-0.2, 0) is 13.0 Å². The monoisotopic (exact) mass is 198 g/mol. The zero-order valence-corrected chi connectivity index (χ0v) is 8.28. The molecule has 0 bridgehead atoms. The third-order valence-corrected chi connectivity index (χ3v) is 1.83. The van der Waals surface area contributed by atoms with E-state index in [1.807, 2.05) is 13.8 Å². The summed E-state index contributed by atoms with van der Waals surface area (Å²) in [5.41, 5.74) is 5.79. The van der Waals surface area contributed by atoms with Gasteiger partial charge in [0.2, 0.25) is 0 Å². The number of nitrogens with two attached hydrogens (primary N) is 1. The number of hydrogen-bond donors (Lipinski definition) is 2. The van der Waals surface area contributed by atoms with E-state index in [1.165, 1.54) is 0 Å². The second-order valence-electron chi connectivity index (χ2n) is 3.53. The molecule has 78 valence electrons. The molecule has 5 nitrogen and oxygen atoms in total. The van der Waals surface area contributed by atoms with E-state index in [1.54, 1.807) is 0 Å². The number of carboxylic acid groups (broad SMARTS) is 1. The Bertz CT molecular complexity index is 331. The SMILES string of the molecule is CC(C)Cc1onc(CN)c1C(=O)O. The number of carboxylic acids is 1. The Morgan fingerprint density at radius 2 is 2.29 bits per heavy atom. The van der Waals surface area contributed by atoms with Gasteiger partial charge in [0, 0.05) is 13.0 Å². The molecule has 1 rings (SSSR count). The van der Waals surface area contributed by atoms with Gasteiger partial charge in [0.15, 0.2) is 5.76 Å². The smallest absolute Gasteiger partial charge is 0.341 e. The normalized spacial score (nSPS) is 10.9. The van der Waals surface area contributed by atoms with E-state index in [0.29, 0.717) is 23.8 Å². The van der Waals surface area contributed by atoms with E-state index in [4.69, 9.17) is 15.4 Å². The van der Waals surface area contributed by atoms with Gasteiger partial charge in [0.25, 0.3) is 0 Å². The van der Waals surface area contributed by atoms with Gasteiger partial charge in [0.05, 0.1) is 0 Å². The summed E-state index contributed by atoms with van der Waals surface area (Å²) in [4.78, 5) is 10.9. The molecule has 0 saturated heterocycles. The zero-order chi connectivity index (χ0) is 10.7. The molecule has 0 aromatic carbocycles. The first-order chi connectivity index (χ1) is 6.56. The van der Waals surface area contributed by atoms with Gasteiger partial charge in [-0.05, 0) is 5.92 Å². The first kappa shape index (κ1) is 10.7. The van der Waals surface area contributed by atoms with Crippen molar-refractivity contribution in [2.75, 3.05) is 0 Å². The lowest BCUT2D eigenvalue weighted by Crippen LogP contribution is -2.08. The van der Waals surface area contributed by atoms with Gasteiger partial charge in [-0.15, -0.1) is 0 Å². The fraction of sp³-hybridized carbons (Fsp3) is 0.556. The van der Waals surface area contributed by atoms with Gasteiger partial charge in [0.1, 0.15) is 11.3 Å². The molecule has 0 amide bonds. The van der Waals surface area contributed by atoms with Crippen LogP contribution in [0.1, 0.15) is 35.7 Å². The molecule has 0 aliphatic rings. The van der Waals surface area contributed by atoms with Crippen LogP contribution in [0.25, 0.3) is 0 Å². The number of rotatable bonds is 4. The molecule has 3 N–H and O–H groups in total. The van der Waals surface area contributed by atoms with Gasteiger partial charge < -0.3 is 15.4 Å². The maximum atomic E-state index is 10.9. The lowest BCUT2D eigenvalue weighted by Gasteiger charge is -2.00. The second-order valence-corrected chi connectivity index (χ2v) is 3.53. The molecule has 0 unspecified atom stereocenters. The third kappa shape index (κ3) is 2.11. The highest BCUT2D eigenvalue weighted by Crippen LogP contribution is 2.17. The van der Waals surface area contributed by atoms with E-state index in [0.717, 1.165) is 0 Å². The first-order valence-corrected chi connectivity index (χ1v) is 4.47. The number of aromatic carboxylic acids is 1. The number of aromatic nitrogens is 1. The van der Waals surface area contributed by atoms with E-state index < -0.39 is 5.97 Å². The number of nitrogens with zero attached hydrogens (tertiary/aromatic N) is 1. The predicted octanol–water partition coefficient (Wildman–Crippen LogP) is 1.03. The molecule has 0 saturated carbocycles. The van der Waals surface area contributed by atoms with Crippen LogP contribution >= 0.6 is 0 Å². The van der Waals surface area contributed by atoms with Crippen LogP contribution in [0.5, 0.6) is 0 Å². The van der Waals surface area contributed by atoms with Crippen molar-refractivity contribution in [3.63, 3.8) is 0 Å². The maximum Gasteiger partial charge on any atom is 0.341 e. The Labute approximate surface area is 81.9 Å². The van der Waals surface area contributed by atoms with E-state index in [2.05, 4.69) is 5.16 Å². The summed E-state index contributed by atoms with van der Waals surface area (Å²) in [5.74, 6) is -0.290. The fourth-order valence-electron chi connectivity index (χ4n) is 1.25. The van der Waals surface area contributed by atoms with Crippen LogP contribution in [0.15, 0.2) is 4.52 Å². The van der Waals surface area contributed by atoms with Crippen molar-refractivity contribution in [1.82, 2.24) is 5.16 Å². The van der Waals surface area contributed by atoms with Crippen LogP contribution in [0.2, 0.25) is 0 Å². The van der Waals surface area contributed by atoms with Gasteiger partial charge >= 0.3 is 5.97 Å². The standard InChI is InChI=1S/C9H14N2O3/c1-5(2)3-7-8(9(12)13)6(4-10)11-14-7/h5H,3-4,10H2,1-2H3,(H,12,13). The van der Waals surface area contributed by atoms with Crippen LogP contribution in [0.3, 0.4) is 0 Å². The third-order valence-electron chi connectivity index (χ3n) is 1.83. The van der Waals surface area contributed by atoms with Gasteiger partial charge in [-0.3, -0.25) is 0 Å². The van der Waals surface area contributed by atoms with Crippen LogP contribution in [0.4, 0.5) is 0 Å². The largest absolute Gasteiger partial charge is 0.477 e. The Morgan fingerprint density at radius 3 is 2.71 bits per heavy atom. The van der Waals surface area contributed by atoms with E-state index in [-0.39, 0.29) is 12.1 Å². The fourth-order valence-corrected chi connectivity index (χ4v) is 1.25. The molecule has 1 aromatic rings. The molecular weight excluding hydrogens is 184 g/mol. The minimum Gasteiger partial charge on any atom is -0.477 e. The predicted molar refractivity (Wildman–Crippen MR) is 49.9 cm³/mol. The van der Waals surface area contributed by atoms with Crippen molar-refractivity contribution in [3.05, 3.63) is 17.0 Å². The molecule has 0 aliphatic carbocycles. The highest BCUT2D eigenvalue weighted by Gasteiger charge is 2.21. The summed E-state index contributed by atoms with van der Waals surface area (Å²) in [6.45, 7) is 4.05. The van der Waals surface area contributed by atoms with Crippen LogP contribution in [-0.4, -0.2) is 16.2 Å². The molecule has 1 aromatic heterocycles. The highest BCUT2D eigenvalue weighted by molar-refractivity contribution is 5.89. The van der Waals surface area contributed by atoms with Crippen LogP contribution in [0, 0.1) is 5.92 Å². The minimum absolute atomic E-state index is 0.0865. The van der Waals surface area contributed by atoms with Crippen molar-refractivity contribution < 1.29 is 14.4 Å². The summed E-state index contributed by atoms with van der Waals surface area (Å²) in [6, 6.07) is 0.